The maximum absolute atomic E-state index is 12.6. The highest BCUT2D eigenvalue weighted by Crippen LogP contribution is 2.30. The molecule has 1 unspecified atom stereocenters. The molecular weight excluding hydrogens is 243 g/mol. The lowest BCUT2D eigenvalue weighted by molar-refractivity contribution is -0.206. The highest BCUT2D eigenvalue weighted by molar-refractivity contribution is 5.79. The Hall–Kier alpha value is -1.64. The highest BCUT2D eigenvalue weighted by atomic mass is 19.4. The van der Waals surface area contributed by atoms with Gasteiger partial charge in [0.15, 0.2) is 5.82 Å². The van der Waals surface area contributed by atoms with Crippen molar-refractivity contribution in [2.45, 2.75) is 32.1 Å². The standard InChI is InChI=1S/C8H10F3N3O3/c1-4-13-5(17-14-4)3-12-7(2,6(15)16)8(9,10)11/h12H,3H2,1-2H3,(H,15,16). The fourth-order valence-corrected chi connectivity index (χ4v) is 0.961. The lowest BCUT2D eigenvalue weighted by atomic mass is 10.0. The largest absolute Gasteiger partial charge is 0.480 e. The zero-order chi connectivity index (χ0) is 13.3. The molecule has 1 rings (SSSR count). The van der Waals surface area contributed by atoms with Crippen molar-refractivity contribution in [1.82, 2.24) is 15.5 Å². The number of hydrogen-bond acceptors (Lipinski definition) is 5. The third-order valence-electron chi connectivity index (χ3n) is 2.16. The fourth-order valence-electron chi connectivity index (χ4n) is 0.961. The monoisotopic (exact) mass is 253 g/mol. The molecule has 0 bridgehead atoms. The number of halogens is 3. The molecule has 1 atom stereocenters. The first-order valence-electron chi connectivity index (χ1n) is 4.51. The first kappa shape index (κ1) is 13.4. The minimum absolute atomic E-state index is 0.112. The second-order valence-electron chi connectivity index (χ2n) is 3.52. The van der Waals surface area contributed by atoms with Gasteiger partial charge in [-0.05, 0) is 13.8 Å². The van der Waals surface area contributed by atoms with E-state index in [1.165, 1.54) is 6.92 Å². The molecule has 0 aliphatic rings. The summed E-state index contributed by atoms with van der Waals surface area (Å²) < 4.78 is 42.2. The summed E-state index contributed by atoms with van der Waals surface area (Å²) in [4.78, 5) is 14.3. The Labute approximate surface area is 93.8 Å². The summed E-state index contributed by atoms with van der Waals surface area (Å²) in [5.41, 5.74) is -3.06. The Morgan fingerprint density at radius 1 is 1.53 bits per heavy atom. The predicted molar refractivity (Wildman–Crippen MR) is 48.0 cm³/mol. The van der Waals surface area contributed by atoms with Crippen LogP contribution < -0.4 is 5.32 Å². The minimum atomic E-state index is -4.94. The van der Waals surface area contributed by atoms with Gasteiger partial charge in [-0.3, -0.25) is 5.32 Å². The molecule has 0 radical (unpaired) electrons. The number of nitrogens with zero attached hydrogens (tertiary/aromatic N) is 2. The van der Waals surface area contributed by atoms with Gasteiger partial charge in [0, 0.05) is 0 Å². The van der Waals surface area contributed by atoms with Gasteiger partial charge in [-0.25, -0.2) is 4.79 Å². The quantitative estimate of drug-likeness (QED) is 0.827. The second-order valence-corrected chi connectivity index (χ2v) is 3.52. The summed E-state index contributed by atoms with van der Waals surface area (Å²) in [5.74, 6) is -1.88. The average molecular weight is 253 g/mol. The van der Waals surface area contributed by atoms with Crippen LogP contribution in [-0.2, 0) is 11.3 Å². The van der Waals surface area contributed by atoms with Crippen molar-refractivity contribution in [2.75, 3.05) is 0 Å². The molecule has 6 nitrogen and oxygen atoms in total. The molecule has 0 spiro atoms. The van der Waals surface area contributed by atoms with E-state index < -0.39 is 24.2 Å². The molecule has 9 heteroatoms. The number of alkyl halides is 3. The first-order valence-corrected chi connectivity index (χ1v) is 4.51. The summed E-state index contributed by atoms with van der Waals surface area (Å²) in [6.07, 6.45) is -4.94. The van der Waals surface area contributed by atoms with Gasteiger partial charge < -0.3 is 9.63 Å². The van der Waals surface area contributed by atoms with E-state index in [1.54, 1.807) is 0 Å². The average Bonchev–Trinajstić information content (AvgIpc) is 2.58. The Kier molecular flexibility index (Phi) is 3.41. The van der Waals surface area contributed by atoms with Gasteiger partial charge in [-0.1, -0.05) is 5.16 Å². The Morgan fingerprint density at radius 3 is 2.47 bits per heavy atom. The molecule has 0 amide bonds. The van der Waals surface area contributed by atoms with Crippen LogP contribution in [0.1, 0.15) is 18.6 Å². The van der Waals surface area contributed by atoms with Crippen molar-refractivity contribution < 1.29 is 27.6 Å². The zero-order valence-electron chi connectivity index (χ0n) is 9.00. The van der Waals surface area contributed by atoms with Gasteiger partial charge in [-0.2, -0.15) is 18.2 Å². The van der Waals surface area contributed by atoms with Crippen molar-refractivity contribution in [3.05, 3.63) is 11.7 Å². The third kappa shape index (κ3) is 2.73. The fraction of sp³-hybridized carbons (Fsp3) is 0.625. The number of carboxylic acid groups (broad SMARTS) is 1. The van der Waals surface area contributed by atoms with Crippen molar-refractivity contribution in [3.8, 4) is 0 Å². The van der Waals surface area contributed by atoms with Gasteiger partial charge in [0.05, 0.1) is 6.54 Å². The van der Waals surface area contributed by atoms with Crippen molar-refractivity contribution >= 4 is 5.97 Å². The van der Waals surface area contributed by atoms with Gasteiger partial charge in [0.1, 0.15) is 0 Å². The molecule has 2 N–H and O–H groups in total. The Balaban J connectivity index is 2.79. The van der Waals surface area contributed by atoms with Crippen molar-refractivity contribution in [2.24, 2.45) is 0 Å². The highest BCUT2D eigenvalue weighted by Gasteiger charge is 2.57. The molecule has 0 aromatic carbocycles. The van der Waals surface area contributed by atoms with E-state index >= 15 is 0 Å². The van der Waals surface area contributed by atoms with Gasteiger partial charge in [0.2, 0.25) is 11.4 Å². The molecule has 17 heavy (non-hydrogen) atoms. The van der Waals surface area contributed by atoms with Gasteiger partial charge >= 0.3 is 12.1 Å². The van der Waals surface area contributed by atoms with Crippen LogP contribution in [0.2, 0.25) is 0 Å². The van der Waals surface area contributed by atoms with Crippen molar-refractivity contribution in [3.63, 3.8) is 0 Å². The van der Waals surface area contributed by atoms with E-state index in [0.29, 0.717) is 6.92 Å². The minimum Gasteiger partial charge on any atom is -0.480 e. The normalized spacial score (nSPS) is 15.6. The smallest absolute Gasteiger partial charge is 0.417 e. The van der Waals surface area contributed by atoms with Crippen LogP contribution in [-0.4, -0.2) is 32.9 Å². The number of aryl methyl sites for hydroxylation is 1. The van der Waals surface area contributed by atoms with E-state index in [1.807, 2.05) is 5.32 Å². The van der Waals surface area contributed by atoms with Crippen LogP contribution in [0.5, 0.6) is 0 Å². The third-order valence-corrected chi connectivity index (χ3v) is 2.16. The van der Waals surface area contributed by atoms with Crippen LogP contribution in [0, 0.1) is 6.92 Å². The maximum Gasteiger partial charge on any atom is 0.417 e. The Bertz CT molecular complexity index is 418. The predicted octanol–water partition coefficient (Wildman–Crippen LogP) is 0.873. The van der Waals surface area contributed by atoms with Crippen LogP contribution in [0.4, 0.5) is 13.2 Å². The van der Waals surface area contributed by atoms with E-state index in [9.17, 15) is 18.0 Å². The summed E-state index contributed by atoms with van der Waals surface area (Å²) in [6.45, 7) is 1.54. The molecule has 0 saturated carbocycles. The lowest BCUT2D eigenvalue weighted by Gasteiger charge is -2.27. The molecule has 1 aromatic heterocycles. The van der Waals surface area contributed by atoms with Gasteiger partial charge in [0.25, 0.3) is 0 Å². The summed E-state index contributed by atoms with van der Waals surface area (Å²) in [7, 11) is 0. The number of aliphatic carboxylic acids is 1. The SMILES string of the molecule is Cc1noc(CNC(C)(C(=O)O)C(F)(F)F)n1. The molecule has 0 aliphatic carbocycles. The van der Waals surface area contributed by atoms with Gasteiger partial charge in [-0.15, -0.1) is 0 Å². The number of carboxylic acids is 1. The molecule has 0 saturated heterocycles. The lowest BCUT2D eigenvalue weighted by Crippen LogP contribution is -2.59. The number of nitrogens with one attached hydrogen (secondary N) is 1. The molecule has 0 aliphatic heterocycles. The van der Waals surface area contributed by atoms with Crippen molar-refractivity contribution in [1.29, 1.82) is 0 Å². The van der Waals surface area contributed by atoms with E-state index in [2.05, 4.69) is 14.7 Å². The van der Waals surface area contributed by atoms with Crippen LogP contribution in [0.3, 0.4) is 0 Å². The molecule has 0 fully saturated rings. The maximum atomic E-state index is 12.6. The summed E-state index contributed by atoms with van der Waals surface area (Å²) in [5, 5.41) is 13.8. The molecule has 1 aromatic rings. The number of aromatic nitrogens is 2. The van der Waals surface area contributed by atoms with E-state index in [0.717, 1.165) is 0 Å². The number of carbonyl (C=O) groups is 1. The van der Waals surface area contributed by atoms with Crippen LogP contribution in [0.25, 0.3) is 0 Å². The number of hydrogen-bond donors (Lipinski definition) is 2. The Morgan fingerprint density at radius 2 is 2.12 bits per heavy atom. The van der Waals surface area contributed by atoms with E-state index in [-0.39, 0.29) is 11.7 Å². The van der Waals surface area contributed by atoms with Crippen LogP contribution >= 0.6 is 0 Å². The molecule has 96 valence electrons. The second kappa shape index (κ2) is 4.32. The summed E-state index contributed by atoms with van der Waals surface area (Å²) in [6, 6.07) is 0. The number of rotatable bonds is 4. The van der Waals surface area contributed by atoms with Crippen LogP contribution in [0.15, 0.2) is 4.52 Å². The first-order chi connectivity index (χ1) is 7.67. The molecular formula is C8H10F3N3O3. The molecule has 1 heterocycles. The zero-order valence-corrected chi connectivity index (χ0v) is 9.00. The topological polar surface area (TPSA) is 88.2 Å². The van der Waals surface area contributed by atoms with E-state index in [4.69, 9.17) is 5.11 Å². The summed E-state index contributed by atoms with van der Waals surface area (Å²) >= 11 is 0.